The zero-order chi connectivity index (χ0) is 21.4. The molecule has 158 valence electrons. The normalized spacial score (nSPS) is 13.7. The first-order valence-corrected chi connectivity index (χ1v) is 10.3. The third kappa shape index (κ3) is 17.3. The second kappa shape index (κ2) is 15.9. The van der Waals surface area contributed by atoms with Crippen molar-refractivity contribution in [3.05, 3.63) is 46.6 Å². The van der Waals surface area contributed by atoms with Gasteiger partial charge in [0.2, 0.25) is 0 Å². The topological polar surface area (TPSA) is 74.6 Å². The van der Waals surface area contributed by atoms with Crippen LogP contribution in [0.15, 0.2) is 46.6 Å². The van der Waals surface area contributed by atoms with Gasteiger partial charge in [-0.3, -0.25) is 9.59 Å². The molecule has 0 atom stereocenters. The molecule has 0 aromatic heterocycles. The molecule has 0 aliphatic carbocycles. The minimum Gasteiger partial charge on any atom is -0.481 e. The summed E-state index contributed by atoms with van der Waals surface area (Å²) >= 11 is 0. The monoisotopic (exact) mass is 390 g/mol. The number of rotatable bonds is 15. The number of hydrogen-bond acceptors (Lipinski definition) is 2. The Hall–Kier alpha value is -2.10. The summed E-state index contributed by atoms with van der Waals surface area (Å²) in [5.41, 5.74) is 5.07. The average Bonchev–Trinajstić information content (AvgIpc) is 2.61. The summed E-state index contributed by atoms with van der Waals surface area (Å²) in [6.45, 7) is 8.31. The van der Waals surface area contributed by atoms with Crippen LogP contribution in [0, 0.1) is 0 Å². The van der Waals surface area contributed by atoms with Crippen LogP contribution in [-0.2, 0) is 9.59 Å². The first-order chi connectivity index (χ1) is 13.2. The molecule has 0 saturated heterocycles. The lowest BCUT2D eigenvalue weighted by Crippen LogP contribution is -1.94. The fraction of sp³-hybridized carbons (Fsp3) is 0.583. The van der Waals surface area contributed by atoms with Crippen molar-refractivity contribution < 1.29 is 19.8 Å². The maximum absolute atomic E-state index is 10.6. The van der Waals surface area contributed by atoms with Crippen LogP contribution in [0.2, 0.25) is 0 Å². The second-order valence-corrected chi connectivity index (χ2v) is 7.64. The molecule has 0 aliphatic rings. The summed E-state index contributed by atoms with van der Waals surface area (Å²) < 4.78 is 0. The van der Waals surface area contributed by atoms with Crippen LogP contribution in [0.25, 0.3) is 0 Å². The number of hydrogen-bond donors (Lipinski definition) is 2. The van der Waals surface area contributed by atoms with Gasteiger partial charge >= 0.3 is 11.9 Å². The summed E-state index contributed by atoms with van der Waals surface area (Å²) in [7, 11) is 0. The van der Waals surface area contributed by atoms with E-state index in [4.69, 9.17) is 10.2 Å². The summed E-state index contributed by atoms with van der Waals surface area (Å²) in [5.74, 6) is -1.48. The zero-order valence-electron chi connectivity index (χ0n) is 18.1. The van der Waals surface area contributed by atoms with Gasteiger partial charge in [0.25, 0.3) is 0 Å². The summed E-state index contributed by atoms with van der Waals surface area (Å²) in [6, 6.07) is 0. The molecule has 0 amide bonds. The fourth-order valence-electron chi connectivity index (χ4n) is 2.77. The molecule has 0 aromatic carbocycles. The Morgan fingerprint density at radius 2 is 0.786 bits per heavy atom. The third-order valence-corrected chi connectivity index (χ3v) is 4.68. The number of carbonyl (C=O) groups is 2. The van der Waals surface area contributed by atoms with E-state index in [-0.39, 0.29) is 12.8 Å². The van der Waals surface area contributed by atoms with E-state index >= 15 is 0 Å². The van der Waals surface area contributed by atoms with E-state index in [2.05, 4.69) is 38.2 Å². The highest BCUT2D eigenvalue weighted by molar-refractivity contribution is 5.67. The van der Waals surface area contributed by atoms with E-state index in [1.165, 1.54) is 11.1 Å². The number of allylic oxidation sites excluding steroid dienone is 8. The van der Waals surface area contributed by atoms with E-state index in [1.54, 1.807) is 0 Å². The minimum absolute atomic E-state index is 0.209. The number of carboxylic acids is 2. The molecular formula is C24H38O4. The molecule has 0 spiro atoms. The molecule has 0 rings (SSSR count). The molecule has 4 heteroatoms. The highest BCUT2D eigenvalue weighted by Crippen LogP contribution is 2.13. The fourth-order valence-corrected chi connectivity index (χ4v) is 2.77. The van der Waals surface area contributed by atoms with Crippen LogP contribution in [0.4, 0.5) is 0 Å². The lowest BCUT2D eigenvalue weighted by molar-refractivity contribution is -0.138. The van der Waals surface area contributed by atoms with Crippen LogP contribution in [0.5, 0.6) is 0 Å². The van der Waals surface area contributed by atoms with Crippen molar-refractivity contribution >= 4 is 11.9 Å². The molecule has 4 nitrogen and oxygen atoms in total. The SMILES string of the molecule is C/C(=C\CC/C=C(\C)CC/C=C(\C)CCC(=O)O)CC/C=C(\C)CCC(=O)O. The number of aliphatic carboxylic acids is 2. The van der Waals surface area contributed by atoms with Gasteiger partial charge in [0.1, 0.15) is 0 Å². The van der Waals surface area contributed by atoms with Crippen LogP contribution in [0.1, 0.15) is 91.9 Å². The summed E-state index contributed by atoms with van der Waals surface area (Å²) in [6.07, 6.45) is 16.6. The van der Waals surface area contributed by atoms with Gasteiger partial charge in [-0.1, -0.05) is 46.6 Å². The van der Waals surface area contributed by atoms with E-state index in [1.807, 2.05) is 13.8 Å². The predicted molar refractivity (Wildman–Crippen MR) is 116 cm³/mol. The van der Waals surface area contributed by atoms with Crippen LogP contribution < -0.4 is 0 Å². The molecule has 0 saturated carbocycles. The number of carboxylic acid groups (broad SMARTS) is 2. The Labute approximate surface area is 170 Å². The molecule has 2 N–H and O–H groups in total. The van der Waals surface area contributed by atoms with Gasteiger partial charge in [-0.2, -0.15) is 0 Å². The Kier molecular flexibility index (Phi) is 14.7. The molecule has 28 heavy (non-hydrogen) atoms. The quantitative estimate of drug-likeness (QED) is 0.237. The van der Waals surface area contributed by atoms with Crippen molar-refractivity contribution in [3.63, 3.8) is 0 Å². The van der Waals surface area contributed by atoms with Crippen molar-refractivity contribution in [2.75, 3.05) is 0 Å². The molecule has 0 radical (unpaired) electrons. The average molecular weight is 391 g/mol. The van der Waals surface area contributed by atoms with Gasteiger partial charge in [0.05, 0.1) is 0 Å². The minimum atomic E-state index is -0.739. The smallest absolute Gasteiger partial charge is 0.303 e. The van der Waals surface area contributed by atoms with Crippen molar-refractivity contribution in [1.82, 2.24) is 0 Å². The lowest BCUT2D eigenvalue weighted by atomic mass is 10.0. The standard InChI is InChI=1S/C24H38O4/c1-19(11-7-13-21(3)15-17-23(25)26)9-5-6-10-20(2)12-8-14-22(4)16-18-24(27)28/h9-10,13-14H,5-8,11-12,15-18H2,1-4H3,(H,25,26)(H,27,28)/b19-9+,20-10+,21-13+,22-14+. The largest absolute Gasteiger partial charge is 0.481 e. The van der Waals surface area contributed by atoms with E-state index in [0.29, 0.717) is 12.8 Å². The lowest BCUT2D eigenvalue weighted by Gasteiger charge is -2.02. The van der Waals surface area contributed by atoms with Crippen molar-refractivity contribution in [3.8, 4) is 0 Å². The Morgan fingerprint density at radius 3 is 1.11 bits per heavy atom. The Bertz CT molecular complexity index is 552. The molecule has 0 fully saturated rings. The molecule has 0 bridgehead atoms. The van der Waals surface area contributed by atoms with Gasteiger partial charge in [-0.05, 0) is 79.1 Å². The van der Waals surface area contributed by atoms with Crippen LogP contribution >= 0.6 is 0 Å². The van der Waals surface area contributed by atoms with Crippen LogP contribution in [0.3, 0.4) is 0 Å². The van der Waals surface area contributed by atoms with Crippen molar-refractivity contribution in [2.45, 2.75) is 91.9 Å². The van der Waals surface area contributed by atoms with Gasteiger partial charge < -0.3 is 10.2 Å². The highest BCUT2D eigenvalue weighted by Gasteiger charge is 1.98. The first kappa shape index (κ1) is 25.9. The zero-order valence-corrected chi connectivity index (χ0v) is 18.1. The predicted octanol–water partition coefficient (Wildman–Crippen LogP) is 6.84. The first-order valence-electron chi connectivity index (χ1n) is 10.3. The van der Waals surface area contributed by atoms with E-state index in [0.717, 1.165) is 49.7 Å². The van der Waals surface area contributed by atoms with Gasteiger partial charge in [-0.25, -0.2) is 0 Å². The molecule has 0 heterocycles. The Morgan fingerprint density at radius 1 is 0.500 bits per heavy atom. The van der Waals surface area contributed by atoms with Crippen LogP contribution in [-0.4, -0.2) is 22.2 Å². The maximum Gasteiger partial charge on any atom is 0.303 e. The summed E-state index contributed by atoms with van der Waals surface area (Å²) in [5, 5.41) is 17.4. The van der Waals surface area contributed by atoms with E-state index in [9.17, 15) is 9.59 Å². The van der Waals surface area contributed by atoms with Crippen molar-refractivity contribution in [2.24, 2.45) is 0 Å². The third-order valence-electron chi connectivity index (χ3n) is 4.68. The number of unbranched alkanes of at least 4 members (excludes halogenated alkanes) is 1. The molecule has 0 aliphatic heterocycles. The second-order valence-electron chi connectivity index (χ2n) is 7.64. The Balaban J connectivity index is 4.03. The van der Waals surface area contributed by atoms with Gasteiger partial charge in [0.15, 0.2) is 0 Å². The maximum atomic E-state index is 10.6. The highest BCUT2D eigenvalue weighted by atomic mass is 16.4. The molecule has 0 unspecified atom stereocenters. The molecule has 0 aromatic rings. The summed E-state index contributed by atoms with van der Waals surface area (Å²) in [4.78, 5) is 21.1. The molecular weight excluding hydrogens is 352 g/mol. The van der Waals surface area contributed by atoms with Crippen molar-refractivity contribution in [1.29, 1.82) is 0 Å². The van der Waals surface area contributed by atoms with E-state index < -0.39 is 11.9 Å². The van der Waals surface area contributed by atoms with Gasteiger partial charge in [0, 0.05) is 12.8 Å². The van der Waals surface area contributed by atoms with Gasteiger partial charge in [-0.15, -0.1) is 0 Å².